The first-order chi connectivity index (χ1) is 14.7. The summed E-state index contributed by atoms with van der Waals surface area (Å²) in [5, 5.41) is 12.4. The van der Waals surface area contributed by atoms with E-state index in [4.69, 9.17) is 18.9 Å². The van der Waals surface area contributed by atoms with E-state index in [9.17, 15) is 5.11 Å². The van der Waals surface area contributed by atoms with Gasteiger partial charge in [-0.25, -0.2) is 0 Å². The zero-order valence-electron chi connectivity index (χ0n) is 19.7. The Hall–Kier alpha value is -2.28. The fraction of sp³-hybridized carbons (Fsp3) is 0.520. The number of methoxy groups -OCH3 is 4. The highest BCUT2D eigenvalue weighted by Gasteiger charge is 2.44. The molecule has 0 amide bonds. The summed E-state index contributed by atoms with van der Waals surface area (Å²) < 4.78 is 22.2. The Morgan fingerprint density at radius 1 is 0.968 bits per heavy atom. The van der Waals surface area contributed by atoms with Crippen LogP contribution in [0, 0.1) is 0 Å². The summed E-state index contributed by atoms with van der Waals surface area (Å²) in [5.74, 6) is 1.95. The number of hydrogen-bond donors (Lipinski definition) is 1. The molecule has 170 valence electrons. The molecule has 1 heterocycles. The average molecular weight is 430 g/mol. The fourth-order valence-corrected chi connectivity index (χ4v) is 4.31. The monoisotopic (exact) mass is 429 g/mol. The molecule has 1 unspecified atom stereocenters. The van der Waals surface area contributed by atoms with Crippen LogP contribution in [0.1, 0.15) is 43.0 Å². The smallest absolute Gasteiger partial charge is 0.135 e. The van der Waals surface area contributed by atoms with E-state index in [1.54, 1.807) is 28.4 Å². The Morgan fingerprint density at radius 2 is 1.68 bits per heavy atom. The van der Waals surface area contributed by atoms with Gasteiger partial charge in [0.25, 0.3) is 0 Å². The highest BCUT2D eigenvalue weighted by molar-refractivity contribution is 5.58. The number of β-amino-alcohol motifs (C(OH)–C–C–N with tert-alkyl or cyclic N) is 1. The van der Waals surface area contributed by atoms with Crippen LogP contribution in [-0.2, 0) is 22.3 Å². The molecule has 6 nitrogen and oxygen atoms in total. The molecule has 0 aliphatic carbocycles. The van der Waals surface area contributed by atoms with Crippen LogP contribution in [0.5, 0.6) is 17.2 Å². The lowest BCUT2D eigenvalue weighted by Crippen LogP contribution is -2.47. The molecule has 0 radical (unpaired) electrons. The third-order valence-electron chi connectivity index (χ3n) is 6.00. The molecular formula is C25H35NO5. The molecule has 6 heteroatoms. The number of aliphatic hydroxyl groups is 1. The molecule has 2 aromatic rings. The molecule has 1 atom stereocenters. The maximum Gasteiger partial charge on any atom is 0.135 e. The van der Waals surface area contributed by atoms with E-state index in [1.165, 1.54) is 0 Å². The zero-order chi connectivity index (χ0) is 22.8. The Morgan fingerprint density at radius 3 is 2.26 bits per heavy atom. The molecular weight excluding hydrogens is 394 g/mol. The van der Waals surface area contributed by atoms with Gasteiger partial charge in [-0.3, -0.25) is 4.90 Å². The van der Waals surface area contributed by atoms with E-state index in [0.29, 0.717) is 43.5 Å². The minimum atomic E-state index is -1.33. The Kier molecular flexibility index (Phi) is 6.84. The third-order valence-corrected chi connectivity index (χ3v) is 6.00. The first-order valence-corrected chi connectivity index (χ1v) is 10.6. The van der Waals surface area contributed by atoms with Crippen LogP contribution in [0.25, 0.3) is 0 Å². The normalized spacial score (nSPS) is 19.1. The fourth-order valence-electron chi connectivity index (χ4n) is 4.31. The zero-order valence-corrected chi connectivity index (χ0v) is 19.7. The van der Waals surface area contributed by atoms with Crippen LogP contribution in [0.4, 0.5) is 0 Å². The summed E-state index contributed by atoms with van der Waals surface area (Å²) in [6, 6.07) is 9.86. The van der Waals surface area contributed by atoms with Crippen LogP contribution in [0.2, 0.25) is 0 Å². The van der Waals surface area contributed by atoms with Crippen molar-refractivity contribution in [2.45, 2.75) is 38.3 Å². The summed E-state index contributed by atoms with van der Waals surface area (Å²) in [7, 11) is 6.58. The summed E-state index contributed by atoms with van der Waals surface area (Å²) >= 11 is 0. The lowest BCUT2D eigenvalue weighted by Gasteiger charge is -2.42. The predicted octanol–water partition coefficient (Wildman–Crippen LogP) is 3.71. The first kappa shape index (κ1) is 23.4. The van der Waals surface area contributed by atoms with Crippen LogP contribution < -0.4 is 14.2 Å². The quantitative estimate of drug-likeness (QED) is 0.724. The molecule has 1 N–H and O–H groups in total. The van der Waals surface area contributed by atoms with Gasteiger partial charge >= 0.3 is 0 Å². The number of nitrogens with zero attached hydrogens (tertiary/aromatic N) is 1. The molecule has 2 aromatic carbocycles. The van der Waals surface area contributed by atoms with Crippen molar-refractivity contribution in [3.8, 4) is 17.2 Å². The van der Waals surface area contributed by atoms with E-state index < -0.39 is 5.60 Å². The van der Waals surface area contributed by atoms with Gasteiger partial charge in [-0.1, -0.05) is 26.8 Å². The van der Waals surface area contributed by atoms with Crippen molar-refractivity contribution in [1.82, 2.24) is 4.90 Å². The highest BCUT2D eigenvalue weighted by atomic mass is 16.5. The van der Waals surface area contributed by atoms with Gasteiger partial charge in [-0.15, -0.1) is 0 Å². The van der Waals surface area contributed by atoms with E-state index in [-0.39, 0.29) is 5.41 Å². The SMILES string of the molecule is COCCN1Cc2cc(OC)cc(OC)c2C(O)(c2cc(C(C)(C)C)ccc2OC)C1. The van der Waals surface area contributed by atoms with Crippen molar-refractivity contribution < 1.29 is 24.1 Å². The molecule has 1 aliphatic heterocycles. The van der Waals surface area contributed by atoms with E-state index in [0.717, 1.165) is 22.3 Å². The number of ether oxygens (including phenoxy) is 4. The Labute approximate surface area is 185 Å². The van der Waals surface area contributed by atoms with E-state index in [1.807, 2.05) is 18.2 Å². The summed E-state index contributed by atoms with van der Waals surface area (Å²) in [6.07, 6.45) is 0. The molecule has 0 saturated heterocycles. The van der Waals surface area contributed by atoms with Crippen molar-refractivity contribution in [1.29, 1.82) is 0 Å². The average Bonchev–Trinajstić information content (AvgIpc) is 2.75. The molecule has 0 saturated carbocycles. The van der Waals surface area contributed by atoms with Crippen molar-refractivity contribution >= 4 is 0 Å². The van der Waals surface area contributed by atoms with E-state index in [2.05, 4.69) is 37.8 Å². The van der Waals surface area contributed by atoms with Crippen molar-refractivity contribution in [2.75, 3.05) is 48.1 Å². The largest absolute Gasteiger partial charge is 0.497 e. The topological polar surface area (TPSA) is 60.4 Å². The lowest BCUT2D eigenvalue weighted by molar-refractivity contribution is 0.00653. The Balaban J connectivity index is 2.27. The molecule has 3 rings (SSSR count). The van der Waals surface area contributed by atoms with Crippen LogP contribution in [0.3, 0.4) is 0 Å². The number of rotatable bonds is 7. The standard InChI is InChI=1S/C25H35NO5/c1-24(2,3)18-8-9-21(30-6)20(13-18)25(27)16-26(10-11-28-4)15-17-12-19(29-5)14-22(31-7)23(17)25/h8-9,12-14,27H,10-11,15-16H2,1-7H3. The number of benzene rings is 2. The molecule has 0 fully saturated rings. The van der Waals surface area contributed by atoms with Gasteiger partial charge < -0.3 is 24.1 Å². The second kappa shape index (κ2) is 9.07. The van der Waals surface area contributed by atoms with Gasteiger partial charge in [0.05, 0.1) is 27.9 Å². The van der Waals surface area contributed by atoms with Crippen molar-refractivity contribution in [3.63, 3.8) is 0 Å². The van der Waals surface area contributed by atoms with Crippen molar-refractivity contribution in [3.05, 3.63) is 52.6 Å². The highest BCUT2D eigenvalue weighted by Crippen LogP contribution is 2.47. The second-order valence-corrected chi connectivity index (χ2v) is 9.09. The summed E-state index contributed by atoms with van der Waals surface area (Å²) in [6.45, 7) is 8.81. The number of hydrogen-bond acceptors (Lipinski definition) is 6. The Bertz CT molecular complexity index is 921. The van der Waals surface area contributed by atoms with Gasteiger partial charge in [0.1, 0.15) is 22.8 Å². The minimum absolute atomic E-state index is 0.0748. The van der Waals surface area contributed by atoms with Crippen LogP contribution in [0.15, 0.2) is 30.3 Å². The summed E-state index contributed by atoms with van der Waals surface area (Å²) in [4.78, 5) is 2.19. The molecule has 31 heavy (non-hydrogen) atoms. The molecule has 0 aromatic heterocycles. The first-order valence-electron chi connectivity index (χ1n) is 10.6. The lowest BCUT2D eigenvalue weighted by atomic mass is 9.76. The van der Waals surface area contributed by atoms with Gasteiger partial charge in [0.15, 0.2) is 0 Å². The maximum atomic E-state index is 12.4. The maximum absolute atomic E-state index is 12.4. The van der Waals surface area contributed by atoms with Crippen LogP contribution >= 0.6 is 0 Å². The molecule has 1 aliphatic rings. The van der Waals surface area contributed by atoms with Crippen LogP contribution in [-0.4, -0.2) is 58.1 Å². The van der Waals surface area contributed by atoms with Gasteiger partial charge in [0.2, 0.25) is 0 Å². The predicted molar refractivity (Wildman–Crippen MR) is 121 cm³/mol. The number of fused-ring (bicyclic) bond motifs is 1. The third kappa shape index (κ3) is 4.52. The van der Waals surface area contributed by atoms with Crippen molar-refractivity contribution in [2.24, 2.45) is 0 Å². The van der Waals surface area contributed by atoms with Gasteiger partial charge in [0, 0.05) is 43.9 Å². The molecule has 0 bridgehead atoms. The molecule has 0 spiro atoms. The minimum Gasteiger partial charge on any atom is -0.497 e. The second-order valence-electron chi connectivity index (χ2n) is 9.09. The summed E-state index contributed by atoms with van der Waals surface area (Å²) in [5.41, 5.74) is 2.17. The van der Waals surface area contributed by atoms with E-state index >= 15 is 0 Å². The van der Waals surface area contributed by atoms with Gasteiger partial charge in [-0.05, 0) is 34.7 Å². The van der Waals surface area contributed by atoms with Gasteiger partial charge in [-0.2, -0.15) is 0 Å².